The van der Waals surface area contributed by atoms with E-state index in [1.807, 2.05) is 24.3 Å². The summed E-state index contributed by atoms with van der Waals surface area (Å²) in [6, 6.07) is 20.9. The van der Waals surface area contributed by atoms with Crippen molar-refractivity contribution in [2.45, 2.75) is 31.7 Å². The SMILES string of the molecule is O=C(CCc1ccccc1)N1CCCC1c1ccccc1. The number of aryl methyl sites for hydroxylation is 1. The maximum atomic E-state index is 12.5. The molecule has 2 nitrogen and oxygen atoms in total. The molecule has 2 aromatic carbocycles. The van der Waals surface area contributed by atoms with E-state index in [0.717, 1.165) is 25.8 Å². The summed E-state index contributed by atoms with van der Waals surface area (Å²) in [5.74, 6) is 0.283. The number of carbonyl (C=O) groups is 1. The first-order chi connectivity index (χ1) is 10.3. The van der Waals surface area contributed by atoms with Crippen LogP contribution in [-0.4, -0.2) is 17.4 Å². The van der Waals surface area contributed by atoms with E-state index in [4.69, 9.17) is 0 Å². The van der Waals surface area contributed by atoms with Crippen molar-refractivity contribution in [2.24, 2.45) is 0 Å². The molecular formula is C19H21NO. The van der Waals surface area contributed by atoms with Crippen LogP contribution in [-0.2, 0) is 11.2 Å². The van der Waals surface area contributed by atoms with Gasteiger partial charge in [-0.25, -0.2) is 0 Å². The van der Waals surface area contributed by atoms with E-state index in [1.165, 1.54) is 11.1 Å². The van der Waals surface area contributed by atoms with Crippen molar-refractivity contribution >= 4 is 5.91 Å². The van der Waals surface area contributed by atoms with Crippen molar-refractivity contribution in [1.82, 2.24) is 4.90 Å². The molecular weight excluding hydrogens is 258 g/mol. The van der Waals surface area contributed by atoms with Crippen LogP contribution in [0.4, 0.5) is 0 Å². The van der Waals surface area contributed by atoms with Gasteiger partial charge >= 0.3 is 0 Å². The van der Waals surface area contributed by atoms with Crippen LogP contribution in [0.3, 0.4) is 0 Å². The van der Waals surface area contributed by atoms with E-state index in [-0.39, 0.29) is 11.9 Å². The lowest BCUT2D eigenvalue weighted by Crippen LogP contribution is -2.30. The summed E-state index contributed by atoms with van der Waals surface area (Å²) >= 11 is 0. The summed E-state index contributed by atoms with van der Waals surface area (Å²) in [5, 5.41) is 0. The predicted molar refractivity (Wildman–Crippen MR) is 84.9 cm³/mol. The summed E-state index contributed by atoms with van der Waals surface area (Å²) in [5.41, 5.74) is 2.50. The van der Waals surface area contributed by atoms with Gasteiger partial charge < -0.3 is 4.90 Å². The Labute approximate surface area is 126 Å². The average molecular weight is 279 g/mol. The standard InChI is InChI=1S/C19H21NO/c21-19(14-13-16-8-3-1-4-9-16)20-15-7-12-18(20)17-10-5-2-6-11-17/h1-6,8-11,18H,7,12-15H2. The first-order valence-electron chi connectivity index (χ1n) is 7.73. The lowest BCUT2D eigenvalue weighted by Gasteiger charge is -2.25. The monoisotopic (exact) mass is 279 g/mol. The molecule has 1 fully saturated rings. The molecule has 2 heteroatoms. The molecule has 0 spiro atoms. The first-order valence-corrected chi connectivity index (χ1v) is 7.73. The quantitative estimate of drug-likeness (QED) is 0.829. The van der Waals surface area contributed by atoms with E-state index in [9.17, 15) is 4.79 Å². The Kier molecular flexibility index (Phi) is 4.34. The van der Waals surface area contributed by atoms with E-state index in [0.29, 0.717) is 6.42 Å². The van der Waals surface area contributed by atoms with Crippen molar-refractivity contribution in [2.75, 3.05) is 6.54 Å². The summed E-state index contributed by atoms with van der Waals surface area (Å²) in [7, 11) is 0. The molecule has 1 atom stereocenters. The summed E-state index contributed by atoms with van der Waals surface area (Å²) in [4.78, 5) is 14.6. The van der Waals surface area contributed by atoms with Crippen molar-refractivity contribution in [3.8, 4) is 0 Å². The predicted octanol–water partition coefficient (Wildman–Crippen LogP) is 3.98. The van der Waals surface area contributed by atoms with Gasteiger partial charge in [-0.05, 0) is 30.4 Å². The van der Waals surface area contributed by atoms with Gasteiger partial charge in [0.1, 0.15) is 0 Å². The first kappa shape index (κ1) is 13.9. The average Bonchev–Trinajstić information content (AvgIpc) is 3.04. The zero-order chi connectivity index (χ0) is 14.5. The highest BCUT2D eigenvalue weighted by Crippen LogP contribution is 2.32. The second kappa shape index (κ2) is 6.57. The maximum Gasteiger partial charge on any atom is 0.223 e. The normalized spacial score (nSPS) is 17.9. The lowest BCUT2D eigenvalue weighted by atomic mass is 10.0. The van der Waals surface area contributed by atoms with Gasteiger partial charge in [0.05, 0.1) is 6.04 Å². The van der Waals surface area contributed by atoms with Crippen molar-refractivity contribution < 1.29 is 4.79 Å². The molecule has 2 aromatic rings. The van der Waals surface area contributed by atoms with Gasteiger partial charge in [0.15, 0.2) is 0 Å². The number of benzene rings is 2. The molecule has 1 heterocycles. The van der Waals surface area contributed by atoms with Crippen LogP contribution >= 0.6 is 0 Å². The Morgan fingerprint density at radius 3 is 2.38 bits per heavy atom. The second-order valence-corrected chi connectivity index (χ2v) is 5.64. The van der Waals surface area contributed by atoms with Gasteiger partial charge in [-0.3, -0.25) is 4.79 Å². The third-order valence-electron chi connectivity index (χ3n) is 4.23. The lowest BCUT2D eigenvalue weighted by molar-refractivity contribution is -0.132. The van der Waals surface area contributed by atoms with E-state index in [2.05, 4.69) is 41.3 Å². The van der Waals surface area contributed by atoms with Crippen LogP contribution in [0.2, 0.25) is 0 Å². The summed E-state index contributed by atoms with van der Waals surface area (Å²) in [6.07, 6.45) is 3.63. The summed E-state index contributed by atoms with van der Waals surface area (Å²) in [6.45, 7) is 0.896. The van der Waals surface area contributed by atoms with Crippen molar-refractivity contribution in [1.29, 1.82) is 0 Å². The molecule has 21 heavy (non-hydrogen) atoms. The fourth-order valence-electron chi connectivity index (χ4n) is 3.13. The maximum absolute atomic E-state index is 12.5. The molecule has 0 aromatic heterocycles. The fourth-order valence-corrected chi connectivity index (χ4v) is 3.13. The fraction of sp³-hybridized carbons (Fsp3) is 0.316. The van der Waals surface area contributed by atoms with E-state index >= 15 is 0 Å². The third-order valence-corrected chi connectivity index (χ3v) is 4.23. The molecule has 1 aliphatic heterocycles. The molecule has 0 radical (unpaired) electrons. The van der Waals surface area contributed by atoms with Crippen LogP contribution in [0.1, 0.15) is 36.4 Å². The third kappa shape index (κ3) is 3.33. The van der Waals surface area contributed by atoms with Gasteiger partial charge in [0, 0.05) is 13.0 Å². The van der Waals surface area contributed by atoms with Gasteiger partial charge in [0.2, 0.25) is 5.91 Å². The smallest absolute Gasteiger partial charge is 0.223 e. The highest BCUT2D eigenvalue weighted by atomic mass is 16.2. The molecule has 0 saturated carbocycles. The Balaban J connectivity index is 1.64. The molecule has 108 valence electrons. The Hall–Kier alpha value is -2.09. The number of amides is 1. The molecule has 1 saturated heterocycles. The number of hydrogen-bond donors (Lipinski definition) is 0. The highest BCUT2D eigenvalue weighted by molar-refractivity contribution is 5.77. The van der Waals surface area contributed by atoms with Crippen molar-refractivity contribution in [3.63, 3.8) is 0 Å². The highest BCUT2D eigenvalue weighted by Gasteiger charge is 2.29. The Bertz CT molecular complexity index is 579. The molecule has 1 aliphatic rings. The Morgan fingerprint density at radius 1 is 1.00 bits per heavy atom. The number of hydrogen-bond acceptors (Lipinski definition) is 1. The van der Waals surface area contributed by atoms with Crippen LogP contribution in [0.25, 0.3) is 0 Å². The molecule has 0 bridgehead atoms. The number of carbonyl (C=O) groups excluding carboxylic acids is 1. The molecule has 0 aliphatic carbocycles. The number of rotatable bonds is 4. The van der Waals surface area contributed by atoms with Crippen LogP contribution < -0.4 is 0 Å². The molecule has 1 amide bonds. The largest absolute Gasteiger partial charge is 0.336 e. The zero-order valence-electron chi connectivity index (χ0n) is 12.2. The van der Waals surface area contributed by atoms with Crippen LogP contribution in [0.15, 0.2) is 60.7 Å². The topological polar surface area (TPSA) is 20.3 Å². The van der Waals surface area contributed by atoms with E-state index in [1.54, 1.807) is 0 Å². The number of nitrogens with zero attached hydrogens (tertiary/aromatic N) is 1. The minimum atomic E-state index is 0.273. The second-order valence-electron chi connectivity index (χ2n) is 5.64. The van der Waals surface area contributed by atoms with Crippen molar-refractivity contribution in [3.05, 3.63) is 71.8 Å². The van der Waals surface area contributed by atoms with Crippen LogP contribution in [0.5, 0.6) is 0 Å². The Morgan fingerprint density at radius 2 is 1.67 bits per heavy atom. The van der Waals surface area contributed by atoms with Gasteiger partial charge in [0.25, 0.3) is 0 Å². The van der Waals surface area contributed by atoms with Crippen LogP contribution in [0, 0.1) is 0 Å². The molecule has 3 rings (SSSR count). The van der Waals surface area contributed by atoms with Gasteiger partial charge in [-0.2, -0.15) is 0 Å². The van der Waals surface area contributed by atoms with Gasteiger partial charge in [-0.15, -0.1) is 0 Å². The molecule has 1 unspecified atom stereocenters. The summed E-state index contributed by atoms with van der Waals surface area (Å²) < 4.78 is 0. The zero-order valence-corrected chi connectivity index (χ0v) is 12.2. The van der Waals surface area contributed by atoms with E-state index < -0.39 is 0 Å². The molecule has 0 N–H and O–H groups in total. The minimum Gasteiger partial charge on any atom is -0.336 e. The van der Waals surface area contributed by atoms with Gasteiger partial charge in [-0.1, -0.05) is 60.7 Å². The number of likely N-dealkylation sites (tertiary alicyclic amines) is 1. The minimum absolute atomic E-state index is 0.273.